The largest absolute Gasteiger partial charge is 0.462 e. The fraction of sp³-hybridized carbons (Fsp3) is 0.680. The van der Waals surface area contributed by atoms with Crippen molar-refractivity contribution in [3.8, 4) is 0 Å². The smallest absolute Gasteiger partial charge is 0.338 e. The summed E-state index contributed by atoms with van der Waals surface area (Å²) in [7, 11) is 0. The molecule has 164 valence electrons. The van der Waals surface area contributed by atoms with Crippen molar-refractivity contribution in [2.24, 2.45) is 0 Å². The summed E-state index contributed by atoms with van der Waals surface area (Å²) in [5, 5.41) is 0. The molecule has 0 aliphatic heterocycles. The molecular formula is C25H41NO3. The number of carbonyl (C=O) groups is 2. The third-order valence-corrected chi connectivity index (χ3v) is 5.13. The van der Waals surface area contributed by atoms with Gasteiger partial charge in [0, 0.05) is 18.7 Å². The van der Waals surface area contributed by atoms with E-state index in [4.69, 9.17) is 4.74 Å². The number of ether oxygens (including phenoxy) is 1. The minimum Gasteiger partial charge on any atom is -0.462 e. The second-order valence-corrected chi connectivity index (χ2v) is 7.84. The summed E-state index contributed by atoms with van der Waals surface area (Å²) in [6.07, 6.45) is 12.6. The van der Waals surface area contributed by atoms with Crippen LogP contribution in [-0.4, -0.2) is 36.5 Å². The molecule has 0 saturated heterocycles. The summed E-state index contributed by atoms with van der Waals surface area (Å²) < 4.78 is 5.21. The standard InChI is InChI=1S/C25H41NO3/c1-4-7-9-11-13-18-26(19-14-12-10-8-5-2)24(27)22-16-15-17-23(21-22)25(28)29-20-6-3/h15-17,21H,4-14,18-20H2,1-3H3. The normalized spacial score (nSPS) is 10.7. The number of benzene rings is 1. The number of amides is 1. The van der Waals surface area contributed by atoms with E-state index < -0.39 is 0 Å². The van der Waals surface area contributed by atoms with E-state index in [2.05, 4.69) is 13.8 Å². The number of hydrogen-bond donors (Lipinski definition) is 0. The number of unbranched alkanes of at least 4 members (excludes halogenated alkanes) is 8. The highest BCUT2D eigenvalue weighted by molar-refractivity contribution is 5.97. The van der Waals surface area contributed by atoms with Crippen LogP contribution in [0.15, 0.2) is 24.3 Å². The molecule has 0 unspecified atom stereocenters. The van der Waals surface area contributed by atoms with Gasteiger partial charge in [-0.15, -0.1) is 0 Å². The number of rotatable bonds is 16. The summed E-state index contributed by atoms with van der Waals surface area (Å²) in [6, 6.07) is 6.98. The van der Waals surface area contributed by atoms with Crippen molar-refractivity contribution in [2.45, 2.75) is 91.4 Å². The molecule has 1 amide bonds. The van der Waals surface area contributed by atoms with E-state index in [0.29, 0.717) is 17.7 Å². The molecule has 0 bridgehead atoms. The molecule has 1 aromatic rings. The van der Waals surface area contributed by atoms with E-state index in [1.165, 1.54) is 38.5 Å². The van der Waals surface area contributed by atoms with Crippen LogP contribution in [-0.2, 0) is 4.74 Å². The molecule has 0 radical (unpaired) electrons. The van der Waals surface area contributed by atoms with Gasteiger partial charge < -0.3 is 9.64 Å². The van der Waals surface area contributed by atoms with Crippen LogP contribution < -0.4 is 0 Å². The number of hydrogen-bond acceptors (Lipinski definition) is 3. The summed E-state index contributed by atoms with van der Waals surface area (Å²) in [5.74, 6) is -0.326. The zero-order valence-corrected chi connectivity index (χ0v) is 18.9. The van der Waals surface area contributed by atoms with Crippen molar-refractivity contribution in [3.05, 3.63) is 35.4 Å². The van der Waals surface area contributed by atoms with Crippen molar-refractivity contribution in [3.63, 3.8) is 0 Å². The zero-order valence-electron chi connectivity index (χ0n) is 18.9. The van der Waals surface area contributed by atoms with E-state index in [1.807, 2.05) is 11.8 Å². The lowest BCUT2D eigenvalue weighted by Crippen LogP contribution is -2.33. The quantitative estimate of drug-likeness (QED) is 0.230. The van der Waals surface area contributed by atoms with Crippen LogP contribution in [0.5, 0.6) is 0 Å². The predicted octanol–water partition coefficient (Wildman–Crippen LogP) is 6.64. The lowest BCUT2D eigenvalue weighted by atomic mass is 10.1. The van der Waals surface area contributed by atoms with E-state index in [1.54, 1.807) is 24.3 Å². The Labute approximate surface area is 178 Å². The first-order valence-corrected chi connectivity index (χ1v) is 11.7. The Morgan fingerprint density at radius 1 is 0.759 bits per heavy atom. The van der Waals surface area contributed by atoms with Gasteiger partial charge in [0.2, 0.25) is 0 Å². The van der Waals surface area contributed by atoms with Crippen LogP contribution >= 0.6 is 0 Å². The fourth-order valence-electron chi connectivity index (χ4n) is 3.37. The van der Waals surface area contributed by atoms with Gasteiger partial charge in [-0.05, 0) is 37.5 Å². The first-order valence-electron chi connectivity index (χ1n) is 11.7. The van der Waals surface area contributed by atoms with Gasteiger partial charge in [0.25, 0.3) is 5.91 Å². The predicted molar refractivity (Wildman–Crippen MR) is 120 cm³/mol. The molecule has 4 heteroatoms. The summed E-state index contributed by atoms with van der Waals surface area (Å²) in [6.45, 7) is 8.38. The molecule has 0 N–H and O–H groups in total. The minimum atomic E-state index is -0.354. The van der Waals surface area contributed by atoms with Crippen LogP contribution in [0.3, 0.4) is 0 Å². The van der Waals surface area contributed by atoms with Crippen molar-refractivity contribution in [2.75, 3.05) is 19.7 Å². The molecule has 0 saturated carbocycles. The Balaban J connectivity index is 2.73. The van der Waals surface area contributed by atoms with Gasteiger partial charge in [-0.25, -0.2) is 4.79 Å². The maximum atomic E-state index is 13.1. The maximum Gasteiger partial charge on any atom is 0.338 e. The second kappa shape index (κ2) is 16.0. The fourth-order valence-corrected chi connectivity index (χ4v) is 3.37. The number of esters is 1. The average Bonchev–Trinajstić information content (AvgIpc) is 2.75. The lowest BCUT2D eigenvalue weighted by Gasteiger charge is -2.23. The molecule has 0 atom stereocenters. The Hall–Kier alpha value is -1.84. The molecular weight excluding hydrogens is 362 g/mol. The molecule has 1 aromatic carbocycles. The van der Waals surface area contributed by atoms with E-state index in [9.17, 15) is 9.59 Å². The van der Waals surface area contributed by atoms with Gasteiger partial charge >= 0.3 is 5.97 Å². The van der Waals surface area contributed by atoms with Crippen molar-refractivity contribution < 1.29 is 14.3 Å². The number of carbonyl (C=O) groups excluding carboxylic acids is 2. The Morgan fingerprint density at radius 3 is 1.86 bits per heavy atom. The third kappa shape index (κ3) is 10.5. The van der Waals surface area contributed by atoms with Crippen LogP contribution in [0, 0.1) is 0 Å². The summed E-state index contributed by atoms with van der Waals surface area (Å²) >= 11 is 0. The van der Waals surface area contributed by atoms with Gasteiger partial charge in [-0.1, -0.05) is 78.2 Å². The molecule has 29 heavy (non-hydrogen) atoms. The monoisotopic (exact) mass is 403 g/mol. The Kier molecular flexibility index (Phi) is 13.9. The molecule has 0 heterocycles. The molecule has 0 aromatic heterocycles. The SMILES string of the molecule is CCCCCCCN(CCCCCCC)C(=O)c1cccc(C(=O)OCCC)c1. The van der Waals surface area contributed by atoms with Crippen LogP contribution in [0.4, 0.5) is 0 Å². The van der Waals surface area contributed by atoms with Crippen molar-refractivity contribution in [1.29, 1.82) is 0 Å². The van der Waals surface area contributed by atoms with Crippen molar-refractivity contribution in [1.82, 2.24) is 4.90 Å². The average molecular weight is 404 g/mol. The molecule has 1 rings (SSSR count). The Bertz CT molecular complexity index is 571. The first kappa shape index (κ1) is 25.2. The molecule has 0 spiro atoms. The summed E-state index contributed by atoms with van der Waals surface area (Å²) in [5.41, 5.74) is 1.04. The molecule has 0 fully saturated rings. The van der Waals surface area contributed by atoms with Gasteiger partial charge in [-0.2, -0.15) is 0 Å². The van der Waals surface area contributed by atoms with E-state index >= 15 is 0 Å². The van der Waals surface area contributed by atoms with Crippen molar-refractivity contribution >= 4 is 11.9 Å². The third-order valence-electron chi connectivity index (χ3n) is 5.13. The van der Waals surface area contributed by atoms with E-state index in [0.717, 1.165) is 45.2 Å². The lowest BCUT2D eigenvalue weighted by molar-refractivity contribution is 0.0505. The highest BCUT2D eigenvalue weighted by atomic mass is 16.5. The van der Waals surface area contributed by atoms with Gasteiger partial charge in [0.05, 0.1) is 12.2 Å². The van der Waals surface area contributed by atoms with Crippen LogP contribution in [0.2, 0.25) is 0 Å². The molecule has 4 nitrogen and oxygen atoms in total. The van der Waals surface area contributed by atoms with Crippen LogP contribution in [0.25, 0.3) is 0 Å². The van der Waals surface area contributed by atoms with Crippen LogP contribution in [0.1, 0.15) is 112 Å². The highest BCUT2D eigenvalue weighted by Crippen LogP contribution is 2.14. The molecule has 0 aliphatic carbocycles. The highest BCUT2D eigenvalue weighted by Gasteiger charge is 2.17. The number of nitrogens with zero attached hydrogens (tertiary/aromatic N) is 1. The second-order valence-electron chi connectivity index (χ2n) is 7.84. The maximum absolute atomic E-state index is 13.1. The minimum absolute atomic E-state index is 0.0288. The van der Waals surface area contributed by atoms with E-state index in [-0.39, 0.29) is 11.9 Å². The van der Waals surface area contributed by atoms with Gasteiger partial charge in [-0.3, -0.25) is 4.79 Å². The first-order chi connectivity index (χ1) is 14.1. The van der Waals surface area contributed by atoms with Gasteiger partial charge in [0.1, 0.15) is 0 Å². The Morgan fingerprint density at radius 2 is 1.31 bits per heavy atom. The van der Waals surface area contributed by atoms with Gasteiger partial charge in [0.15, 0.2) is 0 Å². The topological polar surface area (TPSA) is 46.6 Å². The summed E-state index contributed by atoms with van der Waals surface area (Å²) in [4.78, 5) is 27.3. The zero-order chi connectivity index (χ0) is 21.3. The molecule has 0 aliphatic rings.